The number of nitrogens with one attached hydrogen (secondary N) is 2. The highest BCUT2D eigenvalue weighted by atomic mass is 32.2. The monoisotopic (exact) mass is 428 g/mol. The quantitative estimate of drug-likeness (QED) is 0.739. The van der Waals surface area contributed by atoms with Gasteiger partial charge in [-0.25, -0.2) is 26.3 Å². The number of carbonyl (C=O) groups excluding carboxylic acids is 1. The summed E-state index contributed by atoms with van der Waals surface area (Å²) >= 11 is 0. The van der Waals surface area contributed by atoms with Gasteiger partial charge in [-0.3, -0.25) is 4.79 Å². The van der Waals surface area contributed by atoms with Crippen LogP contribution in [0.4, 0.5) is 18.9 Å². The Morgan fingerprint density at radius 3 is 2.45 bits per heavy atom. The molecule has 3 rings (SSSR count). The summed E-state index contributed by atoms with van der Waals surface area (Å²) in [6.45, 7) is 3.78. The zero-order valence-electron chi connectivity index (χ0n) is 15.6. The number of sulfonamides is 1. The second-order valence-corrected chi connectivity index (χ2v) is 8.81. The van der Waals surface area contributed by atoms with Gasteiger partial charge in [-0.2, -0.15) is 0 Å². The van der Waals surface area contributed by atoms with E-state index in [0.717, 1.165) is 18.2 Å². The number of aryl methyl sites for hydroxylation is 1. The molecule has 1 amide bonds. The van der Waals surface area contributed by atoms with E-state index in [0.29, 0.717) is 5.56 Å². The smallest absolute Gasteiger partial charge is 0.266 e. The number of alkyl halides is 2. The maximum absolute atomic E-state index is 13.4. The van der Waals surface area contributed by atoms with E-state index in [1.165, 1.54) is 18.2 Å². The minimum absolute atomic E-state index is 0.0309. The molecule has 2 N–H and O–H groups in total. The van der Waals surface area contributed by atoms with Gasteiger partial charge in [0.2, 0.25) is 10.0 Å². The van der Waals surface area contributed by atoms with Crippen molar-refractivity contribution in [2.24, 2.45) is 0 Å². The van der Waals surface area contributed by atoms with E-state index in [-0.39, 0.29) is 29.4 Å². The van der Waals surface area contributed by atoms with E-state index in [1.807, 2.05) is 0 Å². The predicted octanol–water partition coefficient (Wildman–Crippen LogP) is 3.39. The topological polar surface area (TPSA) is 84.5 Å². The Bertz CT molecular complexity index is 1050. The highest BCUT2D eigenvalue weighted by Gasteiger charge is 2.38. The molecule has 1 aliphatic heterocycles. The molecule has 10 heteroatoms. The van der Waals surface area contributed by atoms with E-state index < -0.39 is 39.3 Å². The number of hydrogen-bond donors (Lipinski definition) is 2. The summed E-state index contributed by atoms with van der Waals surface area (Å²) in [5, 5.41) is 2.40. The summed E-state index contributed by atoms with van der Waals surface area (Å²) in [5.74, 6) is -1.79. The molecule has 1 aliphatic rings. The normalized spacial score (nSPS) is 15.8. The van der Waals surface area contributed by atoms with E-state index in [1.54, 1.807) is 13.8 Å². The Morgan fingerprint density at radius 2 is 1.86 bits per heavy atom. The molecule has 0 atom stereocenters. The maximum atomic E-state index is 13.4. The molecule has 2 aromatic rings. The molecular formula is C19H19F3N2O4S. The number of rotatable bonds is 6. The third-order valence-corrected chi connectivity index (χ3v) is 6.11. The SMILES string of the molecule is Cc1ccc(S(=O)(=O)NC2(C)COC2)cc1C(=O)Nc1ccc(F)c(C(F)F)c1. The van der Waals surface area contributed by atoms with Gasteiger partial charge in [0.15, 0.2) is 0 Å². The fourth-order valence-electron chi connectivity index (χ4n) is 2.85. The van der Waals surface area contributed by atoms with Crippen LogP contribution in [-0.2, 0) is 14.8 Å². The Morgan fingerprint density at radius 1 is 1.17 bits per heavy atom. The van der Waals surface area contributed by atoms with Crippen molar-refractivity contribution in [3.05, 3.63) is 58.9 Å². The average Bonchev–Trinajstić information content (AvgIpc) is 2.61. The minimum atomic E-state index is -3.91. The van der Waals surface area contributed by atoms with Crippen LogP contribution in [0.1, 0.15) is 34.8 Å². The molecule has 0 unspecified atom stereocenters. The molecule has 0 spiro atoms. The fraction of sp³-hybridized carbons (Fsp3) is 0.316. The molecule has 1 saturated heterocycles. The highest BCUT2D eigenvalue weighted by molar-refractivity contribution is 7.89. The summed E-state index contributed by atoms with van der Waals surface area (Å²) in [6, 6.07) is 6.85. The van der Waals surface area contributed by atoms with Gasteiger partial charge in [0.25, 0.3) is 12.3 Å². The first-order valence-electron chi connectivity index (χ1n) is 8.62. The van der Waals surface area contributed by atoms with Gasteiger partial charge in [0.05, 0.1) is 29.2 Å². The number of amides is 1. The van der Waals surface area contributed by atoms with Gasteiger partial charge in [-0.05, 0) is 49.7 Å². The maximum Gasteiger partial charge on any atom is 0.266 e. The molecular weight excluding hydrogens is 409 g/mol. The summed E-state index contributed by atoms with van der Waals surface area (Å²) in [6.07, 6.45) is -3.04. The first kappa shape index (κ1) is 21.3. The van der Waals surface area contributed by atoms with Crippen molar-refractivity contribution in [1.29, 1.82) is 0 Å². The van der Waals surface area contributed by atoms with E-state index >= 15 is 0 Å². The van der Waals surface area contributed by atoms with Crippen LogP contribution in [0.15, 0.2) is 41.3 Å². The van der Waals surface area contributed by atoms with Crippen molar-refractivity contribution in [2.45, 2.75) is 30.7 Å². The third-order valence-electron chi connectivity index (χ3n) is 4.47. The lowest BCUT2D eigenvalue weighted by Gasteiger charge is -2.38. The Hall–Kier alpha value is -2.43. The molecule has 0 bridgehead atoms. The zero-order chi connectivity index (χ0) is 21.4. The van der Waals surface area contributed by atoms with Crippen molar-refractivity contribution in [3.63, 3.8) is 0 Å². The first-order valence-corrected chi connectivity index (χ1v) is 10.1. The van der Waals surface area contributed by atoms with Gasteiger partial charge in [-0.1, -0.05) is 6.07 Å². The number of ether oxygens (including phenoxy) is 1. The Balaban J connectivity index is 1.86. The lowest BCUT2D eigenvalue weighted by Crippen LogP contribution is -2.59. The molecule has 29 heavy (non-hydrogen) atoms. The van der Waals surface area contributed by atoms with Crippen LogP contribution >= 0.6 is 0 Å². The third kappa shape index (κ3) is 4.60. The van der Waals surface area contributed by atoms with Gasteiger partial charge < -0.3 is 10.1 Å². The molecule has 1 heterocycles. The fourth-order valence-corrected chi connectivity index (χ4v) is 4.26. The van der Waals surface area contributed by atoms with Gasteiger partial charge >= 0.3 is 0 Å². The summed E-state index contributed by atoms with van der Waals surface area (Å²) in [7, 11) is -3.91. The Labute approximate surface area is 166 Å². The largest absolute Gasteiger partial charge is 0.377 e. The number of halogens is 3. The van der Waals surface area contributed by atoms with Crippen LogP contribution < -0.4 is 10.0 Å². The van der Waals surface area contributed by atoms with Crippen LogP contribution in [-0.4, -0.2) is 33.1 Å². The van der Waals surface area contributed by atoms with E-state index in [4.69, 9.17) is 4.74 Å². The van der Waals surface area contributed by atoms with Crippen LogP contribution in [0.2, 0.25) is 0 Å². The average molecular weight is 428 g/mol. The summed E-state index contributed by atoms with van der Waals surface area (Å²) in [5.41, 5.74) is -1.05. The zero-order valence-corrected chi connectivity index (χ0v) is 16.4. The highest BCUT2D eigenvalue weighted by Crippen LogP contribution is 2.26. The molecule has 0 radical (unpaired) electrons. The predicted molar refractivity (Wildman–Crippen MR) is 100 cm³/mol. The van der Waals surface area contributed by atoms with E-state index in [2.05, 4.69) is 10.0 Å². The number of carbonyl (C=O) groups is 1. The number of anilines is 1. The van der Waals surface area contributed by atoms with Crippen LogP contribution in [0.5, 0.6) is 0 Å². The standard InChI is InChI=1S/C19H19F3N2O4S/c1-11-3-5-13(29(26,27)24-19(2)9-28-10-19)8-14(11)18(25)23-12-4-6-16(20)15(7-12)17(21)22/h3-8,17,24H,9-10H2,1-2H3,(H,23,25). The molecule has 156 valence electrons. The van der Waals surface area contributed by atoms with Crippen molar-refractivity contribution in [1.82, 2.24) is 4.72 Å². The lowest BCUT2D eigenvalue weighted by atomic mass is 10.0. The second-order valence-electron chi connectivity index (χ2n) is 7.13. The summed E-state index contributed by atoms with van der Waals surface area (Å²) in [4.78, 5) is 12.5. The van der Waals surface area contributed by atoms with Crippen LogP contribution in [0.3, 0.4) is 0 Å². The number of benzene rings is 2. The van der Waals surface area contributed by atoms with Crippen LogP contribution in [0, 0.1) is 12.7 Å². The van der Waals surface area contributed by atoms with Gasteiger partial charge in [-0.15, -0.1) is 0 Å². The molecule has 2 aromatic carbocycles. The summed E-state index contributed by atoms with van der Waals surface area (Å²) < 4.78 is 71.9. The van der Waals surface area contributed by atoms with Crippen molar-refractivity contribution in [3.8, 4) is 0 Å². The van der Waals surface area contributed by atoms with Crippen molar-refractivity contribution in [2.75, 3.05) is 18.5 Å². The minimum Gasteiger partial charge on any atom is -0.377 e. The van der Waals surface area contributed by atoms with Crippen LogP contribution in [0.25, 0.3) is 0 Å². The lowest BCUT2D eigenvalue weighted by molar-refractivity contribution is -0.0523. The van der Waals surface area contributed by atoms with Crippen molar-refractivity contribution < 1.29 is 31.1 Å². The molecule has 0 aromatic heterocycles. The van der Waals surface area contributed by atoms with Crippen molar-refractivity contribution >= 4 is 21.6 Å². The van der Waals surface area contributed by atoms with Gasteiger partial charge in [0.1, 0.15) is 5.82 Å². The molecule has 0 saturated carbocycles. The molecule has 0 aliphatic carbocycles. The molecule has 1 fully saturated rings. The van der Waals surface area contributed by atoms with E-state index in [9.17, 15) is 26.4 Å². The Kier molecular flexibility index (Phi) is 5.70. The molecule has 6 nitrogen and oxygen atoms in total. The van der Waals surface area contributed by atoms with Gasteiger partial charge in [0, 0.05) is 11.3 Å². The number of hydrogen-bond acceptors (Lipinski definition) is 4. The first-order chi connectivity index (χ1) is 13.5. The second kappa shape index (κ2) is 7.77.